The molecule has 0 unspecified atom stereocenters. The molecule has 0 atom stereocenters. The van der Waals surface area contributed by atoms with Crippen molar-refractivity contribution in [2.45, 2.75) is 51.6 Å². The van der Waals surface area contributed by atoms with Gasteiger partial charge < -0.3 is 15.4 Å². The minimum atomic E-state index is 0.436. The maximum atomic E-state index is 5.54. The lowest BCUT2D eigenvalue weighted by Gasteiger charge is -2.33. The van der Waals surface area contributed by atoms with E-state index < -0.39 is 0 Å². The molecule has 1 saturated carbocycles. The van der Waals surface area contributed by atoms with Crippen LogP contribution in [0.4, 0.5) is 0 Å². The minimum Gasteiger partial charge on any atom is -0.382 e. The van der Waals surface area contributed by atoms with Crippen LogP contribution in [0.15, 0.2) is 35.3 Å². The molecule has 0 radical (unpaired) electrons. The van der Waals surface area contributed by atoms with Gasteiger partial charge in [-0.3, -0.25) is 9.89 Å². The molecule has 3 rings (SSSR count). The van der Waals surface area contributed by atoms with Crippen molar-refractivity contribution >= 4 is 5.96 Å². The van der Waals surface area contributed by atoms with Crippen LogP contribution < -0.4 is 10.6 Å². The van der Waals surface area contributed by atoms with E-state index in [-0.39, 0.29) is 0 Å². The van der Waals surface area contributed by atoms with Gasteiger partial charge >= 0.3 is 0 Å². The number of rotatable bonds is 9. The number of aliphatic imine (C=N–C) groups is 1. The van der Waals surface area contributed by atoms with E-state index >= 15 is 0 Å². The third kappa shape index (κ3) is 6.51. The number of likely N-dealkylation sites (tertiary alicyclic amines) is 1. The molecular weight excluding hydrogens is 336 g/mol. The maximum Gasteiger partial charge on any atom is 0.191 e. The first kappa shape index (κ1) is 20.2. The van der Waals surface area contributed by atoms with Gasteiger partial charge in [0.05, 0.1) is 0 Å². The Labute approximate surface area is 164 Å². The van der Waals surface area contributed by atoms with Gasteiger partial charge in [0.15, 0.2) is 5.96 Å². The molecule has 1 aromatic carbocycles. The van der Waals surface area contributed by atoms with Gasteiger partial charge in [0.2, 0.25) is 0 Å². The smallest absolute Gasteiger partial charge is 0.191 e. The zero-order valence-electron chi connectivity index (χ0n) is 17.0. The highest BCUT2D eigenvalue weighted by Crippen LogP contribution is 2.48. The fourth-order valence-electron chi connectivity index (χ4n) is 3.86. The third-order valence-corrected chi connectivity index (χ3v) is 5.97. The van der Waals surface area contributed by atoms with E-state index in [2.05, 4.69) is 57.8 Å². The molecule has 2 aliphatic rings. The number of benzene rings is 1. The van der Waals surface area contributed by atoms with Crippen LogP contribution in [-0.4, -0.2) is 56.8 Å². The minimum absolute atomic E-state index is 0.436. The Morgan fingerprint density at radius 2 is 1.96 bits per heavy atom. The van der Waals surface area contributed by atoms with E-state index in [1.165, 1.54) is 31.2 Å². The van der Waals surface area contributed by atoms with Crippen LogP contribution in [0.3, 0.4) is 0 Å². The van der Waals surface area contributed by atoms with Crippen LogP contribution in [0.25, 0.3) is 0 Å². The molecule has 2 fully saturated rings. The Kier molecular flexibility index (Phi) is 7.53. The Morgan fingerprint density at radius 1 is 1.22 bits per heavy atom. The van der Waals surface area contributed by atoms with Crippen molar-refractivity contribution < 1.29 is 4.74 Å². The van der Waals surface area contributed by atoms with Crippen molar-refractivity contribution in [1.29, 1.82) is 0 Å². The molecule has 1 aliphatic heterocycles. The van der Waals surface area contributed by atoms with Crippen molar-refractivity contribution in [3.63, 3.8) is 0 Å². The molecule has 1 aromatic rings. The number of nitrogens with zero attached hydrogens (tertiary/aromatic N) is 2. The lowest BCUT2D eigenvalue weighted by Crippen LogP contribution is -2.49. The van der Waals surface area contributed by atoms with Crippen LogP contribution in [0.5, 0.6) is 0 Å². The van der Waals surface area contributed by atoms with E-state index in [9.17, 15) is 0 Å². The number of piperidine rings is 1. The van der Waals surface area contributed by atoms with Crippen LogP contribution in [-0.2, 0) is 11.3 Å². The van der Waals surface area contributed by atoms with E-state index in [0.29, 0.717) is 11.5 Å². The van der Waals surface area contributed by atoms with Gasteiger partial charge in [-0.15, -0.1) is 0 Å². The van der Waals surface area contributed by atoms with Crippen LogP contribution in [0.2, 0.25) is 0 Å². The van der Waals surface area contributed by atoms with Crippen LogP contribution >= 0.6 is 0 Å². The standard InChI is InChI=1S/C22H36N4O/c1-3-27-16-13-22(11-12-22)18-24-21(23-2)25-20-9-14-26(15-10-20)17-19-7-5-4-6-8-19/h4-8,20H,3,9-18H2,1-2H3,(H2,23,24,25). The lowest BCUT2D eigenvalue weighted by atomic mass is 10.0. The number of nitrogens with one attached hydrogen (secondary N) is 2. The number of hydrogen-bond donors (Lipinski definition) is 2. The summed E-state index contributed by atoms with van der Waals surface area (Å²) in [7, 11) is 1.87. The zero-order chi connectivity index (χ0) is 19.0. The summed E-state index contributed by atoms with van der Waals surface area (Å²) in [5.41, 5.74) is 1.84. The monoisotopic (exact) mass is 372 g/mol. The average molecular weight is 373 g/mol. The molecule has 5 nitrogen and oxygen atoms in total. The van der Waals surface area contributed by atoms with E-state index in [1.807, 2.05) is 7.05 Å². The maximum absolute atomic E-state index is 5.54. The highest BCUT2D eigenvalue weighted by molar-refractivity contribution is 5.80. The molecule has 1 aliphatic carbocycles. The first-order valence-corrected chi connectivity index (χ1v) is 10.5. The van der Waals surface area contributed by atoms with Crippen LogP contribution in [0, 0.1) is 5.41 Å². The molecule has 5 heteroatoms. The SMILES string of the molecule is CCOCCC1(CNC(=NC)NC2CCN(Cc3ccccc3)CC2)CC1. The van der Waals surface area contributed by atoms with E-state index in [1.54, 1.807) is 0 Å². The Balaban J connectivity index is 1.36. The Hall–Kier alpha value is -1.59. The van der Waals surface area contributed by atoms with Gasteiger partial charge in [-0.25, -0.2) is 0 Å². The first-order chi connectivity index (χ1) is 13.2. The normalized spacial score (nSPS) is 20.4. The number of guanidine groups is 1. The largest absolute Gasteiger partial charge is 0.382 e. The second kappa shape index (κ2) is 10.1. The first-order valence-electron chi connectivity index (χ1n) is 10.5. The summed E-state index contributed by atoms with van der Waals surface area (Å²) in [6.07, 6.45) is 6.11. The molecule has 1 saturated heterocycles. The van der Waals surface area contributed by atoms with Crippen molar-refractivity contribution in [2.24, 2.45) is 10.4 Å². The summed E-state index contributed by atoms with van der Waals surface area (Å²) in [6, 6.07) is 11.3. The van der Waals surface area contributed by atoms with Gasteiger partial charge in [-0.05, 0) is 50.0 Å². The lowest BCUT2D eigenvalue weighted by molar-refractivity contribution is 0.128. The highest BCUT2D eigenvalue weighted by atomic mass is 16.5. The van der Waals surface area contributed by atoms with E-state index in [0.717, 1.165) is 51.8 Å². The predicted octanol–water partition coefficient (Wildman–Crippen LogP) is 3.02. The second-order valence-electron chi connectivity index (χ2n) is 8.05. The third-order valence-electron chi connectivity index (χ3n) is 5.97. The van der Waals surface area contributed by atoms with E-state index in [4.69, 9.17) is 4.74 Å². The summed E-state index contributed by atoms with van der Waals surface area (Å²) in [5.74, 6) is 0.958. The molecule has 150 valence electrons. The van der Waals surface area contributed by atoms with Gasteiger partial charge in [0.25, 0.3) is 0 Å². The molecule has 0 aromatic heterocycles. The number of hydrogen-bond acceptors (Lipinski definition) is 3. The number of ether oxygens (including phenoxy) is 1. The Morgan fingerprint density at radius 3 is 2.59 bits per heavy atom. The van der Waals surface area contributed by atoms with Crippen molar-refractivity contribution in [2.75, 3.05) is 39.9 Å². The molecule has 1 heterocycles. The summed E-state index contributed by atoms with van der Waals surface area (Å²) in [5, 5.41) is 7.21. The molecule has 2 N–H and O–H groups in total. The molecular formula is C22H36N4O. The van der Waals surface area contributed by atoms with Crippen molar-refractivity contribution in [1.82, 2.24) is 15.5 Å². The fraction of sp³-hybridized carbons (Fsp3) is 0.682. The van der Waals surface area contributed by atoms with Gasteiger partial charge in [-0.2, -0.15) is 0 Å². The summed E-state index contributed by atoms with van der Waals surface area (Å²) in [4.78, 5) is 7.00. The predicted molar refractivity (Wildman–Crippen MR) is 112 cm³/mol. The molecule has 0 bridgehead atoms. The molecule has 0 amide bonds. The zero-order valence-corrected chi connectivity index (χ0v) is 17.0. The quantitative estimate of drug-likeness (QED) is 0.397. The van der Waals surface area contributed by atoms with Crippen molar-refractivity contribution in [3.8, 4) is 0 Å². The summed E-state index contributed by atoms with van der Waals surface area (Å²) < 4.78 is 5.54. The average Bonchev–Trinajstić information content (AvgIpc) is 3.47. The van der Waals surface area contributed by atoms with Gasteiger partial charge in [-0.1, -0.05) is 30.3 Å². The molecule has 27 heavy (non-hydrogen) atoms. The highest BCUT2D eigenvalue weighted by Gasteiger charge is 2.42. The second-order valence-corrected chi connectivity index (χ2v) is 8.05. The van der Waals surface area contributed by atoms with Gasteiger partial charge in [0, 0.05) is 52.5 Å². The Bertz CT molecular complexity index is 577. The van der Waals surface area contributed by atoms with Crippen LogP contribution in [0.1, 0.15) is 44.6 Å². The fourth-order valence-corrected chi connectivity index (χ4v) is 3.86. The summed E-state index contributed by atoms with van der Waals surface area (Å²) >= 11 is 0. The molecule has 0 spiro atoms. The topological polar surface area (TPSA) is 48.9 Å². The van der Waals surface area contributed by atoms with Gasteiger partial charge in [0.1, 0.15) is 0 Å². The summed E-state index contributed by atoms with van der Waals surface area (Å²) in [6.45, 7) is 8.10. The van der Waals surface area contributed by atoms with Crippen molar-refractivity contribution in [3.05, 3.63) is 35.9 Å².